The summed E-state index contributed by atoms with van der Waals surface area (Å²) >= 11 is 6.00. The molecule has 1 heterocycles. The minimum absolute atomic E-state index is 0.00816. The van der Waals surface area contributed by atoms with Gasteiger partial charge in [0.15, 0.2) is 0 Å². The zero-order valence-corrected chi connectivity index (χ0v) is 17.7. The molecule has 0 radical (unpaired) electrons. The number of halogens is 1. The Morgan fingerprint density at radius 3 is 2.60 bits per heavy atom. The van der Waals surface area contributed by atoms with Gasteiger partial charge in [-0.15, -0.1) is 0 Å². The maximum Gasteiger partial charge on any atom is 0.255 e. The monoisotopic (exact) mass is 419 g/mol. The van der Waals surface area contributed by atoms with E-state index in [-0.39, 0.29) is 18.4 Å². The largest absolute Gasteiger partial charge is 0.358 e. The van der Waals surface area contributed by atoms with Gasteiger partial charge in [-0.1, -0.05) is 41.9 Å². The van der Waals surface area contributed by atoms with E-state index in [1.807, 2.05) is 48.5 Å². The number of nitrogens with one attached hydrogen (secondary N) is 1. The first-order chi connectivity index (χ1) is 14.5. The molecule has 0 spiro atoms. The van der Waals surface area contributed by atoms with Crippen LogP contribution in [-0.2, 0) is 11.2 Å². The number of aromatic nitrogens is 1. The standard InChI is InChI=1S/C24H22ClN3O2/c1-26-21(29)14-28(2)24(30)22-18-5-3-4-6-20(18)27-23-16(9-12-19(22)23)13-15-7-10-17(25)11-8-15/h3-8,10-11,13H,9,12,14H2,1-2H3,(H,26,29)/b16-13-. The second kappa shape index (κ2) is 8.28. The Morgan fingerprint density at radius 1 is 1.13 bits per heavy atom. The molecular weight excluding hydrogens is 398 g/mol. The first-order valence-electron chi connectivity index (χ1n) is 9.82. The lowest BCUT2D eigenvalue weighted by Gasteiger charge is -2.19. The van der Waals surface area contributed by atoms with Crippen molar-refractivity contribution in [3.05, 3.63) is 75.9 Å². The molecule has 5 nitrogen and oxygen atoms in total. The van der Waals surface area contributed by atoms with Crippen molar-refractivity contribution in [3.8, 4) is 0 Å². The van der Waals surface area contributed by atoms with Crippen LogP contribution in [0.5, 0.6) is 0 Å². The third-order valence-electron chi connectivity index (χ3n) is 5.37. The summed E-state index contributed by atoms with van der Waals surface area (Å²) in [5.41, 5.74) is 5.37. The number of rotatable bonds is 4. The van der Waals surface area contributed by atoms with Crippen molar-refractivity contribution in [2.24, 2.45) is 0 Å². The highest BCUT2D eigenvalue weighted by Gasteiger charge is 2.28. The number of carbonyl (C=O) groups is 2. The van der Waals surface area contributed by atoms with Gasteiger partial charge in [0.1, 0.15) is 0 Å². The van der Waals surface area contributed by atoms with E-state index in [0.717, 1.165) is 46.1 Å². The molecule has 0 atom stereocenters. The van der Waals surface area contributed by atoms with Crippen LogP contribution in [0.4, 0.5) is 0 Å². The highest BCUT2D eigenvalue weighted by atomic mass is 35.5. The van der Waals surface area contributed by atoms with E-state index in [9.17, 15) is 9.59 Å². The molecule has 0 unspecified atom stereocenters. The summed E-state index contributed by atoms with van der Waals surface area (Å²) in [4.78, 5) is 31.5. The molecule has 0 fully saturated rings. The number of carbonyl (C=O) groups excluding carboxylic acids is 2. The summed E-state index contributed by atoms with van der Waals surface area (Å²) in [7, 11) is 3.21. The number of nitrogens with zero attached hydrogens (tertiary/aromatic N) is 2. The Morgan fingerprint density at radius 2 is 1.87 bits per heavy atom. The highest BCUT2D eigenvalue weighted by molar-refractivity contribution is 6.30. The molecule has 1 aliphatic carbocycles. The van der Waals surface area contributed by atoms with E-state index >= 15 is 0 Å². The molecule has 1 aliphatic rings. The van der Waals surface area contributed by atoms with Crippen molar-refractivity contribution in [2.75, 3.05) is 20.6 Å². The van der Waals surface area contributed by atoms with Crippen molar-refractivity contribution in [1.29, 1.82) is 0 Å². The molecule has 2 amide bonds. The molecule has 4 rings (SSSR count). The summed E-state index contributed by atoms with van der Waals surface area (Å²) < 4.78 is 0. The molecule has 0 aliphatic heterocycles. The van der Waals surface area contributed by atoms with Crippen molar-refractivity contribution in [3.63, 3.8) is 0 Å². The predicted octanol–water partition coefficient (Wildman–Crippen LogP) is 4.19. The first-order valence-corrected chi connectivity index (χ1v) is 10.2. The number of hydrogen-bond acceptors (Lipinski definition) is 3. The lowest BCUT2D eigenvalue weighted by Crippen LogP contribution is -2.37. The van der Waals surface area contributed by atoms with E-state index in [1.165, 1.54) is 4.90 Å². The fourth-order valence-corrected chi connectivity index (χ4v) is 3.97. The number of amides is 2. The van der Waals surface area contributed by atoms with Crippen LogP contribution in [0.25, 0.3) is 22.6 Å². The predicted molar refractivity (Wildman–Crippen MR) is 120 cm³/mol. The summed E-state index contributed by atoms with van der Waals surface area (Å²) in [5.74, 6) is -0.370. The maximum absolute atomic E-state index is 13.4. The fraction of sp³-hybridized carbons (Fsp3) is 0.208. The molecule has 152 valence electrons. The molecule has 0 bridgehead atoms. The maximum atomic E-state index is 13.4. The minimum atomic E-state index is -0.204. The number of fused-ring (bicyclic) bond motifs is 2. The van der Waals surface area contributed by atoms with Gasteiger partial charge in [0.05, 0.1) is 23.3 Å². The fourth-order valence-electron chi connectivity index (χ4n) is 3.84. The van der Waals surface area contributed by atoms with Crippen molar-refractivity contribution in [2.45, 2.75) is 12.8 Å². The van der Waals surface area contributed by atoms with Crippen molar-refractivity contribution in [1.82, 2.24) is 15.2 Å². The number of benzene rings is 2. The molecule has 1 aromatic heterocycles. The van der Waals surface area contributed by atoms with Gasteiger partial charge in [-0.05, 0) is 53.8 Å². The molecule has 30 heavy (non-hydrogen) atoms. The quantitative estimate of drug-likeness (QED) is 0.689. The number of pyridine rings is 1. The van der Waals surface area contributed by atoms with Crippen LogP contribution in [0.1, 0.15) is 33.6 Å². The van der Waals surface area contributed by atoms with Gasteiger partial charge in [0.2, 0.25) is 5.91 Å². The SMILES string of the molecule is CNC(=O)CN(C)C(=O)c1c2c(nc3ccccc13)/C(=C\c1ccc(Cl)cc1)CC2. The number of allylic oxidation sites excluding steroid dienone is 1. The van der Waals surface area contributed by atoms with Crippen molar-refractivity contribution < 1.29 is 9.59 Å². The van der Waals surface area contributed by atoms with Crippen LogP contribution in [0.3, 0.4) is 0 Å². The van der Waals surface area contributed by atoms with E-state index in [1.54, 1.807) is 14.1 Å². The Balaban J connectivity index is 1.83. The van der Waals surface area contributed by atoms with Crippen LogP contribution < -0.4 is 5.32 Å². The van der Waals surface area contributed by atoms with Gasteiger partial charge in [-0.25, -0.2) is 4.98 Å². The van der Waals surface area contributed by atoms with Crippen LogP contribution >= 0.6 is 11.6 Å². The van der Waals surface area contributed by atoms with E-state index in [0.29, 0.717) is 10.6 Å². The summed E-state index contributed by atoms with van der Waals surface area (Å²) in [6.07, 6.45) is 3.65. The Labute approximate surface area is 180 Å². The topological polar surface area (TPSA) is 62.3 Å². The van der Waals surface area contributed by atoms with Gasteiger partial charge in [-0.2, -0.15) is 0 Å². The third-order valence-corrected chi connectivity index (χ3v) is 5.62. The smallest absolute Gasteiger partial charge is 0.255 e. The van der Waals surface area contributed by atoms with Gasteiger partial charge in [0.25, 0.3) is 5.91 Å². The normalized spacial score (nSPS) is 14.0. The number of para-hydroxylation sites is 1. The number of likely N-dealkylation sites (N-methyl/N-ethyl adjacent to an activating group) is 2. The van der Waals surface area contributed by atoms with Crippen LogP contribution in [0.2, 0.25) is 5.02 Å². The zero-order chi connectivity index (χ0) is 21.3. The highest BCUT2D eigenvalue weighted by Crippen LogP contribution is 2.38. The Hall–Kier alpha value is -3.18. The van der Waals surface area contributed by atoms with Crippen LogP contribution in [0.15, 0.2) is 48.5 Å². The molecular formula is C24H22ClN3O2. The van der Waals surface area contributed by atoms with Gasteiger partial charge in [0, 0.05) is 24.5 Å². The minimum Gasteiger partial charge on any atom is -0.358 e. The van der Waals surface area contributed by atoms with Crippen molar-refractivity contribution >= 4 is 46.0 Å². The molecule has 0 saturated heterocycles. The molecule has 1 N–H and O–H groups in total. The third kappa shape index (κ3) is 3.81. The van der Waals surface area contributed by atoms with E-state index < -0.39 is 0 Å². The van der Waals surface area contributed by atoms with E-state index in [2.05, 4.69) is 11.4 Å². The second-order valence-corrected chi connectivity index (χ2v) is 7.82. The van der Waals surface area contributed by atoms with Crippen LogP contribution in [-0.4, -0.2) is 42.3 Å². The van der Waals surface area contributed by atoms with Gasteiger partial charge < -0.3 is 10.2 Å². The summed E-state index contributed by atoms with van der Waals surface area (Å²) in [5, 5.41) is 4.08. The molecule has 6 heteroatoms. The zero-order valence-electron chi connectivity index (χ0n) is 16.9. The molecule has 0 saturated carbocycles. The molecule has 2 aromatic carbocycles. The first kappa shape index (κ1) is 20.1. The Kier molecular flexibility index (Phi) is 5.55. The number of hydrogen-bond donors (Lipinski definition) is 1. The summed E-state index contributed by atoms with van der Waals surface area (Å²) in [6.45, 7) is 0.00816. The lowest BCUT2D eigenvalue weighted by atomic mass is 9.99. The summed E-state index contributed by atoms with van der Waals surface area (Å²) in [6, 6.07) is 15.3. The van der Waals surface area contributed by atoms with E-state index in [4.69, 9.17) is 16.6 Å². The van der Waals surface area contributed by atoms with Crippen LogP contribution in [0, 0.1) is 0 Å². The average molecular weight is 420 g/mol. The van der Waals surface area contributed by atoms with Gasteiger partial charge >= 0.3 is 0 Å². The van der Waals surface area contributed by atoms with Gasteiger partial charge in [-0.3, -0.25) is 9.59 Å². The lowest BCUT2D eigenvalue weighted by molar-refractivity contribution is -0.121. The molecule has 3 aromatic rings. The average Bonchev–Trinajstić information content (AvgIpc) is 3.15. The second-order valence-electron chi connectivity index (χ2n) is 7.39. The Bertz CT molecular complexity index is 1170.